The Labute approximate surface area is 213 Å². The quantitative estimate of drug-likeness (QED) is 0.604. The third-order valence-corrected chi connectivity index (χ3v) is 7.58. The van der Waals surface area contributed by atoms with Gasteiger partial charge in [-0.25, -0.2) is 9.37 Å². The maximum Gasteiger partial charge on any atom is 0.227 e. The van der Waals surface area contributed by atoms with Gasteiger partial charge < -0.3 is 20.4 Å². The number of anilines is 2. The van der Waals surface area contributed by atoms with E-state index in [2.05, 4.69) is 34.3 Å². The maximum absolute atomic E-state index is 14.9. The molecule has 9 heteroatoms. The van der Waals surface area contributed by atoms with Crippen LogP contribution in [-0.4, -0.2) is 61.7 Å². The van der Waals surface area contributed by atoms with E-state index in [1.165, 1.54) is 6.07 Å². The molecule has 0 aliphatic carbocycles. The summed E-state index contributed by atoms with van der Waals surface area (Å²) in [4.78, 5) is 26.9. The van der Waals surface area contributed by atoms with Crippen molar-refractivity contribution in [1.29, 1.82) is 0 Å². The van der Waals surface area contributed by atoms with Crippen LogP contribution in [0.3, 0.4) is 0 Å². The molecule has 0 saturated carbocycles. The fourth-order valence-corrected chi connectivity index (χ4v) is 5.69. The molecule has 1 aromatic heterocycles. The van der Waals surface area contributed by atoms with E-state index in [1.54, 1.807) is 13.1 Å². The molecule has 5 rings (SSSR count). The first kappa shape index (κ1) is 25.6. The van der Waals surface area contributed by atoms with Gasteiger partial charge in [-0.1, -0.05) is 26.0 Å². The zero-order valence-corrected chi connectivity index (χ0v) is 21.6. The lowest BCUT2D eigenvalue weighted by molar-refractivity contribution is -0.121. The summed E-state index contributed by atoms with van der Waals surface area (Å²) in [5.41, 5.74) is 2.50. The van der Waals surface area contributed by atoms with E-state index in [1.807, 2.05) is 12.1 Å². The Morgan fingerprint density at radius 1 is 1.23 bits per heavy atom. The molecule has 4 heterocycles. The third kappa shape index (κ3) is 4.96. The molecule has 35 heavy (non-hydrogen) atoms. The molecule has 0 bridgehead atoms. The molecule has 1 aromatic carbocycles. The summed E-state index contributed by atoms with van der Waals surface area (Å²) < 4.78 is 14.9. The van der Waals surface area contributed by atoms with Crippen LogP contribution in [0.25, 0.3) is 11.3 Å². The molecule has 3 aliphatic rings. The molecular formula is C26H36ClFN6O. The minimum atomic E-state index is -0.266. The average molecular weight is 503 g/mol. The third-order valence-electron chi connectivity index (χ3n) is 7.58. The van der Waals surface area contributed by atoms with E-state index in [-0.39, 0.29) is 30.2 Å². The summed E-state index contributed by atoms with van der Waals surface area (Å²) in [5.74, 6) is 1.75. The molecule has 2 N–H and O–H groups in total. The smallest absolute Gasteiger partial charge is 0.227 e. The lowest BCUT2D eigenvalue weighted by Gasteiger charge is -2.39. The van der Waals surface area contributed by atoms with Gasteiger partial charge in [0.05, 0.1) is 5.69 Å². The van der Waals surface area contributed by atoms with E-state index in [9.17, 15) is 9.18 Å². The number of fused-ring (bicyclic) bond motifs is 1. The molecule has 3 aliphatic heterocycles. The number of rotatable bonds is 7. The molecular weight excluding hydrogens is 467 g/mol. The van der Waals surface area contributed by atoms with Crippen LogP contribution in [0, 0.1) is 17.2 Å². The molecule has 2 saturated heterocycles. The fraction of sp³-hybridized carbons (Fsp3) is 0.577. The SMILES string of the molecule is CNC(=O)CC(CC(C)C)N1CCc2c(-c3ccccc3F)nc(N3CCC4(CNC4)C3)nc21.Cl. The predicted octanol–water partition coefficient (Wildman–Crippen LogP) is 3.42. The minimum Gasteiger partial charge on any atom is -0.359 e. The monoisotopic (exact) mass is 502 g/mol. The Hall–Kier alpha value is -2.45. The first-order chi connectivity index (χ1) is 16.4. The molecule has 2 aromatic rings. The van der Waals surface area contributed by atoms with Gasteiger partial charge in [0.1, 0.15) is 11.6 Å². The highest BCUT2D eigenvalue weighted by molar-refractivity contribution is 5.85. The summed E-state index contributed by atoms with van der Waals surface area (Å²) in [7, 11) is 1.68. The van der Waals surface area contributed by atoms with Gasteiger partial charge in [0.25, 0.3) is 0 Å². The first-order valence-corrected chi connectivity index (χ1v) is 12.5. The van der Waals surface area contributed by atoms with Gasteiger partial charge >= 0.3 is 0 Å². The van der Waals surface area contributed by atoms with Crippen molar-refractivity contribution in [3.63, 3.8) is 0 Å². The second kappa shape index (κ2) is 10.3. The van der Waals surface area contributed by atoms with Gasteiger partial charge in [-0.2, -0.15) is 4.98 Å². The highest BCUT2D eigenvalue weighted by atomic mass is 35.5. The lowest BCUT2D eigenvalue weighted by Crippen LogP contribution is -2.54. The van der Waals surface area contributed by atoms with E-state index in [4.69, 9.17) is 9.97 Å². The minimum absolute atomic E-state index is 0. The Morgan fingerprint density at radius 2 is 2.00 bits per heavy atom. The first-order valence-electron chi connectivity index (χ1n) is 12.5. The largest absolute Gasteiger partial charge is 0.359 e. The van der Waals surface area contributed by atoms with Gasteiger partial charge in [-0.3, -0.25) is 4.79 Å². The molecule has 1 spiro atoms. The van der Waals surface area contributed by atoms with E-state index < -0.39 is 0 Å². The van der Waals surface area contributed by atoms with E-state index >= 15 is 0 Å². The number of aromatic nitrogens is 2. The van der Waals surface area contributed by atoms with Crippen molar-refractivity contribution in [2.24, 2.45) is 11.3 Å². The summed E-state index contributed by atoms with van der Waals surface area (Å²) in [6.45, 7) is 9.01. The van der Waals surface area contributed by atoms with Crippen LogP contribution >= 0.6 is 12.4 Å². The Kier molecular flexibility index (Phi) is 7.52. The van der Waals surface area contributed by atoms with Crippen molar-refractivity contribution in [3.8, 4) is 11.3 Å². The summed E-state index contributed by atoms with van der Waals surface area (Å²) in [6, 6.07) is 6.91. The van der Waals surface area contributed by atoms with Crippen molar-refractivity contribution < 1.29 is 9.18 Å². The number of nitrogens with zero attached hydrogens (tertiary/aromatic N) is 4. The number of hydrogen-bond donors (Lipinski definition) is 2. The Balaban J connectivity index is 0.00000289. The average Bonchev–Trinajstić information content (AvgIpc) is 3.43. The Morgan fingerprint density at radius 3 is 2.63 bits per heavy atom. The number of benzene rings is 1. The maximum atomic E-state index is 14.9. The van der Waals surface area contributed by atoms with Crippen LogP contribution in [0.15, 0.2) is 24.3 Å². The second-order valence-corrected chi connectivity index (χ2v) is 10.5. The number of hydrogen-bond acceptors (Lipinski definition) is 6. The van der Waals surface area contributed by atoms with E-state index in [0.29, 0.717) is 35.0 Å². The van der Waals surface area contributed by atoms with Crippen molar-refractivity contribution in [1.82, 2.24) is 20.6 Å². The van der Waals surface area contributed by atoms with Crippen LogP contribution in [0.2, 0.25) is 0 Å². The molecule has 1 amide bonds. The fourth-order valence-electron chi connectivity index (χ4n) is 5.69. The molecule has 7 nitrogen and oxygen atoms in total. The highest BCUT2D eigenvalue weighted by Gasteiger charge is 2.44. The van der Waals surface area contributed by atoms with Gasteiger partial charge in [0.15, 0.2) is 0 Å². The molecule has 1 atom stereocenters. The number of carbonyl (C=O) groups excluding carboxylic acids is 1. The topological polar surface area (TPSA) is 73.4 Å². The molecule has 1 unspecified atom stereocenters. The van der Waals surface area contributed by atoms with Crippen molar-refractivity contribution in [2.75, 3.05) is 49.6 Å². The van der Waals surface area contributed by atoms with Gasteiger partial charge in [0.2, 0.25) is 11.9 Å². The molecule has 2 fully saturated rings. The zero-order valence-electron chi connectivity index (χ0n) is 20.8. The van der Waals surface area contributed by atoms with Crippen LogP contribution in [0.5, 0.6) is 0 Å². The number of halogens is 2. The molecule has 190 valence electrons. The summed E-state index contributed by atoms with van der Waals surface area (Å²) in [6.07, 6.45) is 3.17. The van der Waals surface area contributed by atoms with Crippen molar-refractivity contribution in [2.45, 2.75) is 45.6 Å². The lowest BCUT2D eigenvalue weighted by atomic mass is 9.81. The molecule has 0 radical (unpaired) electrons. The van der Waals surface area contributed by atoms with Crippen LogP contribution < -0.4 is 20.4 Å². The number of amides is 1. The summed E-state index contributed by atoms with van der Waals surface area (Å²) >= 11 is 0. The number of nitrogens with one attached hydrogen (secondary N) is 2. The van der Waals surface area contributed by atoms with E-state index in [0.717, 1.165) is 63.4 Å². The van der Waals surface area contributed by atoms with Gasteiger partial charge in [-0.15, -0.1) is 12.4 Å². The standard InChI is InChI=1S/C26H35FN6O.ClH/c1-17(2)12-18(13-22(34)28-3)33-10-8-20-23(19-6-4-5-7-21(19)27)30-25(31-24(20)33)32-11-9-26(16-32)14-29-15-26;/h4-7,17-18,29H,8-16H2,1-3H3,(H,28,34);1H. The van der Waals surface area contributed by atoms with Crippen LogP contribution in [0.4, 0.5) is 16.2 Å². The van der Waals surface area contributed by atoms with Crippen molar-refractivity contribution >= 4 is 30.1 Å². The van der Waals surface area contributed by atoms with Gasteiger partial charge in [0, 0.05) is 68.8 Å². The second-order valence-electron chi connectivity index (χ2n) is 10.5. The predicted molar refractivity (Wildman–Crippen MR) is 140 cm³/mol. The van der Waals surface area contributed by atoms with Crippen molar-refractivity contribution in [3.05, 3.63) is 35.6 Å². The number of carbonyl (C=O) groups is 1. The Bertz CT molecular complexity index is 1080. The van der Waals surface area contributed by atoms with Crippen LogP contribution in [-0.2, 0) is 11.2 Å². The zero-order chi connectivity index (χ0) is 23.9. The summed E-state index contributed by atoms with van der Waals surface area (Å²) in [5, 5.41) is 6.18. The normalized spacial score (nSPS) is 18.9. The van der Waals surface area contributed by atoms with Gasteiger partial charge in [-0.05, 0) is 37.3 Å². The van der Waals surface area contributed by atoms with Crippen LogP contribution in [0.1, 0.15) is 38.7 Å². The highest BCUT2D eigenvalue weighted by Crippen LogP contribution is 2.41.